The minimum atomic E-state index is -0.133. The number of halogens is 1. The van der Waals surface area contributed by atoms with Crippen LogP contribution in [-0.2, 0) is 17.8 Å². The Morgan fingerprint density at radius 1 is 1.06 bits per heavy atom. The molecule has 4 aromatic rings. The molecule has 0 fully saturated rings. The molecule has 8 nitrogen and oxygen atoms in total. The zero-order valence-electron chi connectivity index (χ0n) is 18.4. The maximum atomic E-state index is 12.9. The summed E-state index contributed by atoms with van der Waals surface area (Å²) in [5.41, 5.74) is 5.32. The molecule has 0 saturated heterocycles. The summed E-state index contributed by atoms with van der Waals surface area (Å²) in [5, 5.41) is 11.9. The molecule has 0 atom stereocenters. The van der Waals surface area contributed by atoms with Gasteiger partial charge in [0.15, 0.2) is 0 Å². The van der Waals surface area contributed by atoms with Gasteiger partial charge in [-0.15, -0.1) is 0 Å². The average Bonchev–Trinajstić information content (AvgIpc) is 3.28. The predicted octanol–water partition coefficient (Wildman–Crippen LogP) is 4.08. The summed E-state index contributed by atoms with van der Waals surface area (Å²) in [4.78, 5) is 21.9. The van der Waals surface area contributed by atoms with Gasteiger partial charge in [0.1, 0.15) is 5.82 Å². The number of carbonyl (C=O) groups is 1. The van der Waals surface area contributed by atoms with Crippen molar-refractivity contribution < 1.29 is 4.79 Å². The minimum absolute atomic E-state index is 0.133. The topological polar surface area (TPSA) is 90.5 Å². The zero-order valence-corrected chi connectivity index (χ0v) is 20.0. The first-order valence-electron chi connectivity index (χ1n) is 10.2. The molecular weight excluding hydrogens is 470 g/mol. The number of amides is 1. The van der Waals surface area contributed by atoms with Crippen LogP contribution in [0.5, 0.6) is 0 Å². The van der Waals surface area contributed by atoms with Crippen molar-refractivity contribution in [1.82, 2.24) is 29.5 Å². The van der Waals surface area contributed by atoms with Gasteiger partial charge >= 0.3 is 0 Å². The molecule has 0 bridgehead atoms. The summed E-state index contributed by atoms with van der Waals surface area (Å²) in [6.45, 7) is 8.22. The summed E-state index contributed by atoms with van der Waals surface area (Å²) < 4.78 is 4.47. The smallest absolute Gasteiger partial charge is 0.251 e. The Kier molecular flexibility index (Phi) is 6.18. The molecule has 4 rings (SSSR count). The lowest BCUT2D eigenvalue weighted by Gasteiger charge is -2.10. The van der Waals surface area contributed by atoms with E-state index in [2.05, 4.69) is 41.4 Å². The van der Waals surface area contributed by atoms with E-state index < -0.39 is 0 Å². The lowest BCUT2D eigenvalue weighted by Crippen LogP contribution is -2.18. The van der Waals surface area contributed by atoms with Crippen molar-refractivity contribution in [2.45, 2.75) is 40.7 Å². The van der Waals surface area contributed by atoms with Crippen LogP contribution < -0.4 is 5.32 Å². The van der Waals surface area contributed by atoms with E-state index in [-0.39, 0.29) is 12.3 Å². The highest BCUT2D eigenvalue weighted by atomic mass is 79.9. The number of nitrogens with one attached hydrogen (secondary N) is 1. The van der Waals surface area contributed by atoms with Gasteiger partial charge < -0.3 is 5.32 Å². The third-order valence-corrected chi connectivity index (χ3v) is 5.97. The molecule has 0 spiro atoms. The first-order valence-corrected chi connectivity index (χ1v) is 11.0. The molecule has 164 valence electrons. The van der Waals surface area contributed by atoms with Crippen LogP contribution in [0.3, 0.4) is 0 Å². The van der Waals surface area contributed by atoms with Gasteiger partial charge in [-0.2, -0.15) is 10.2 Å². The van der Waals surface area contributed by atoms with Gasteiger partial charge in [0.2, 0.25) is 5.91 Å². The Labute approximate surface area is 194 Å². The predicted molar refractivity (Wildman–Crippen MR) is 126 cm³/mol. The summed E-state index contributed by atoms with van der Waals surface area (Å²) in [6.07, 6.45) is 1.88. The Morgan fingerprint density at radius 3 is 2.50 bits per heavy atom. The summed E-state index contributed by atoms with van der Waals surface area (Å²) in [6, 6.07) is 11.7. The van der Waals surface area contributed by atoms with E-state index in [9.17, 15) is 4.79 Å². The number of carbonyl (C=O) groups excluding carboxylic acids is 1. The summed E-state index contributed by atoms with van der Waals surface area (Å²) in [7, 11) is 0. The minimum Gasteiger partial charge on any atom is -0.311 e. The molecule has 0 aliphatic rings. The second-order valence-corrected chi connectivity index (χ2v) is 8.56. The van der Waals surface area contributed by atoms with E-state index in [0.717, 1.165) is 38.4 Å². The van der Waals surface area contributed by atoms with Crippen LogP contribution in [0.4, 0.5) is 5.82 Å². The SMILES string of the molecule is Cc1cc(C)nc(-n2nc(C)c(CC(=O)Nc3ccnn3Cc3ccccc3Br)c2C)n1. The molecular formula is C23H24BrN7O. The van der Waals surface area contributed by atoms with E-state index in [0.29, 0.717) is 18.3 Å². The van der Waals surface area contributed by atoms with Crippen molar-refractivity contribution in [3.63, 3.8) is 0 Å². The third kappa shape index (κ3) is 4.62. The van der Waals surface area contributed by atoms with Crippen molar-refractivity contribution >= 4 is 27.7 Å². The normalized spacial score (nSPS) is 11.0. The fourth-order valence-corrected chi connectivity index (χ4v) is 4.04. The highest BCUT2D eigenvalue weighted by Gasteiger charge is 2.18. The van der Waals surface area contributed by atoms with Crippen LogP contribution in [0, 0.1) is 27.7 Å². The number of aromatic nitrogens is 6. The van der Waals surface area contributed by atoms with E-state index in [1.165, 1.54) is 0 Å². The maximum Gasteiger partial charge on any atom is 0.251 e. The number of hydrogen-bond acceptors (Lipinski definition) is 5. The molecule has 32 heavy (non-hydrogen) atoms. The number of anilines is 1. The number of nitrogens with zero attached hydrogens (tertiary/aromatic N) is 6. The Balaban J connectivity index is 1.52. The lowest BCUT2D eigenvalue weighted by molar-refractivity contribution is -0.115. The van der Waals surface area contributed by atoms with Crippen molar-refractivity contribution in [1.29, 1.82) is 0 Å². The lowest BCUT2D eigenvalue weighted by atomic mass is 10.1. The van der Waals surface area contributed by atoms with Crippen molar-refractivity contribution in [3.05, 3.63) is 81.0 Å². The van der Waals surface area contributed by atoms with Crippen molar-refractivity contribution in [2.24, 2.45) is 0 Å². The first kappa shape index (κ1) is 21.9. The molecule has 3 heterocycles. The second-order valence-electron chi connectivity index (χ2n) is 7.70. The van der Waals surface area contributed by atoms with Crippen LogP contribution in [0.2, 0.25) is 0 Å². The summed E-state index contributed by atoms with van der Waals surface area (Å²) in [5.74, 6) is 1.03. The fraction of sp³-hybridized carbons (Fsp3) is 0.261. The van der Waals surface area contributed by atoms with E-state index in [1.54, 1.807) is 21.6 Å². The highest BCUT2D eigenvalue weighted by Crippen LogP contribution is 2.20. The van der Waals surface area contributed by atoms with Gasteiger partial charge in [-0.3, -0.25) is 4.79 Å². The second kappa shape index (κ2) is 9.04. The molecule has 1 amide bonds. The molecule has 3 aromatic heterocycles. The maximum absolute atomic E-state index is 12.9. The van der Waals surface area contributed by atoms with Crippen LogP contribution in [0.1, 0.15) is 33.9 Å². The molecule has 0 aliphatic heterocycles. The highest BCUT2D eigenvalue weighted by molar-refractivity contribution is 9.10. The van der Waals surface area contributed by atoms with Crippen molar-refractivity contribution in [2.75, 3.05) is 5.32 Å². The molecule has 9 heteroatoms. The van der Waals surface area contributed by atoms with E-state index in [4.69, 9.17) is 0 Å². The van der Waals surface area contributed by atoms with E-state index >= 15 is 0 Å². The quantitative estimate of drug-likeness (QED) is 0.436. The Bertz CT molecular complexity index is 1270. The van der Waals surface area contributed by atoms with Crippen LogP contribution in [0.25, 0.3) is 5.95 Å². The zero-order chi connectivity index (χ0) is 22.8. The molecule has 0 saturated carbocycles. The number of benzene rings is 1. The Morgan fingerprint density at radius 2 is 1.78 bits per heavy atom. The number of hydrogen-bond donors (Lipinski definition) is 1. The molecule has 0 unspecified atom stereocenters. The number of aryl methyl sites for hydroxylation is 3. The molecule has 0 radical (unpaired) electrons. The Hall–Kier alpha value is -3.33. The van der Waals surface area contributed by atoms with Gasteiger partial charge in [0.05, 0.1) is 24.9 Å². The van der Waals surface area contributed by atoms with Crippen molar-refractivity contribution in [3.8, 4) is 5.95 Å². The number of rotatable bonds is 6. The third-order valence-electron chi connectivity index (χ3n) is 5.20. The molecule has 1 N–H and O–H groups in total. The van der Waals surface area contributed by atoms with Crippen LogP contribution in [-0.4, -0.2) is 35.4 Å². The van der Waals surface area contributed by atoms with Gasteiger partial charge in [-0.05, 0) is 45.4 Å². The van der Waals surface area contributed by atoms with Crippen LogP contribution in [0.15, 0.2) is 47.1 Å². The van der Waals surface area contributed by atoms with E-state index in [1.807, 2.05) is 58.0 Å². The van der Waals surface area contributed by atoms with Gasteiger partial charge in [-0.25, -0.2) is 19.3 Å². The van der Waals surface area contributed by atoms with Gasteiger partial charge in [-0.1, -0.05) is 34.1 Å². The van der Waals surface area contributed by atoms with Gasteiger partial charge in [0, 0.05) is 33.2 Å². The summed E-state index contributed by atoms with van der Waals surface area (Å²) >= 11 is 3.56. The van der Waals surface area contributed by atoms with Crippen LogP contribution >= 0.6 is 15.9 Å². The largest absolute Gasteiger partial charge is 0.311 e. The monoisotopic (exact) mass is 493 g/mol. The fourth-order valence-electron chi connectivity index (χ4n) is 3.63. The first-order chi connectivity index (χ1) is 15.3. The van der Waals surface area contributed by atoms with Gasteiger partial charge in [0.25, 0.3) is 5.95 Å². The standard InChI is InChI=1S/C23H24BrN7O/c1-14-11-15(2)27-23(26-14)31-17(4)19(16(3)29-31)12-22(32)28-21-9-10-25-30(21)13-18-7-5-6-8-20(18)24/h5-11H,12-13H2,1-4H3,(H,28,32). The average molecular weight is 494 g/mol. The molecule has 1 aromatic carbocycles. The molecule has 0 aliphatic carbocycles.